The van der Waals surface area contributed by atoms with Gasteiger partial charge in [0.15, 0.2) is 6.29 Å². The predicted molar refractivity (Wildman–Crippen MR) is 143 cm³/mol. The Morgan fingerprint density at radius 2 is 1.53 bits per heavy atom. The molecular weight excluding hydrogens is 600 g/mol. The second-order valence-corrected chi connectivity index (χ2v) is 9.11. The summed E-state index contributed by atoms with van der Waals surface area (Å²) >= 11 is 6.79. The Morgan fingerprint density at radius 1 is 0.917 bits per heavy atom. The van der Waals surface area contributed by atoms with Crippen molar-refractivity contribution in [2.24, 2.45) is 0 Å². The van der Waals surface area contributed by atoms with E-state index in [4.69, 9.17) is 28.1 Å². The number of rotatable bonds is 9. The first-order valence-electron chi connectivity index (χ1n) is 11.2. The Bertz CT molecular complexity index is 1180. The quantitative estimate of drug-likeness (QED) is 0.193. The monoisotopic (exact) mass is 628 g/mol. The lowest BCUT2D eigenvalue weighted by molar-refractivity contribution is -0.152. The number of benzene rings is 2. The van der Waals surface area contributed by atoms with E-state index in [9.17, 15) is 9.59 Å². The summed E-state index contributed by atoms with van der Waals surface area (Å²) < 4.78 is 32.9. The number of halogens is 2. The number of methoxy groups -OCH3 is 2. The van der Waals surface area contributed by atoms with Crippen LogP contribution in [0.3, 0.4) is 0 Å². The second kappa shape index (κ2) is 14.4. The highest BCUT2D eigenvalue weighted by atomic mass is 79.9. The largest absolute Gasteiger partial charge is 0.488 e. The van der Waals surface area contributed by atoms with Gasteiger partial charge in [0.2, 0.25) is 0 Å². The van der Waals surface area contributed by atoms with Gasteiger partial charge in [0.1, 0.15) is 17.9 Å². The van der Waals surface area contributed by atoms with E-state index in [1.807, 2.05) is 33.8 Å². The molecule has 0 N–H and O–H groups in total. The summed E-state index contributed by atoms with van der Waals surface area (Å²) in [5.41, 5.74) is 3.35. The summed E-state index contributed by atoms with van der Waals surface area (Å²) in [6, 6.07) is 7.07. The molecule has 0 unspecified atom stereocenters. The molecule has 0 atom stereocenters. The molecule has 10 heteroatoms. The summed E-state index contributed by atoms with van der Waals surface area (Å²) in [6.45, 7) is 8.82. The van der Waals surface area contributed by atoms with Crippen molar-refractivity contribution in [3.05, 3.63) is 61.7 Å². The van der Waals surface area contributed by atoms with Crippen molar-refractivity contribution in [1.29, 1.82) is 0 Å². The number of carbonyl (C=O) groups excluding carboxylic acids is 2. The van der Waals surface area contributed by atoms with Crippen molar-refractivity contribution in [2.45, 2.75) is 34.0 Å². The summed E-state index contributed by atoms with van der Waals surface area (Å²) in [7, 11) is 2.72. The number of esters is 2. The van der Waals surface area contributed by atoms with Gasteiger partial charge in [-0.25, -0.2) is 9.59 Å². The van der Waals surface area contributed by atoms with Crippen LogP contribution in [0.25, 0.3) is 11.0 Å². The van der Waals surface area contributed by atoms with Gasteiger partial charge in [0, 0.05) is 27.5 Å². The molecule has 0 aliphatic heterocycles. The summed E-state index contributed by atoms with van der Waals surface area (Å²) in [4.78, 5) is 23.3. The highest BCUT2D eigenvalue weighted by molar-refractivity contribution is 9.10. The van der Waals surface area contributed by atoms with Crippen LogP contribution < -0.4 is 4.74 Å². The Labute approximate surface area is 227 Å². The fourth-order valence-corrected chi connectivity index (χ4v) is 4.13. The standard InChI is InChI=1S/C15H21BrO5.C11H9BrO3/c1-5-19-14(20-6-2)9-21-11-7-12(15(17)18-4)10(3)13(16)8-11;1-6-8(12)5-9-7(3-4-15-9)10(6)11(13)14-2/h7-8,14H,5-6,9H2,1-4H3;3-5H,1-2H3. The Morgan fingerprint density at radius 3 is 2.11 bits per heavy atom. The SMILES string of the molecule is CCOC(COc1cc(Br)c(C)c(C(=O)OC)c1)OCC.COC(=O)c1c(C)c(Br)cc2occc12. The van der Waals surface area contributed by atoms with E-state index in [0.717, 1.165) is 25.5 Å². The highest BCUT2D eigenvalue weighted by Gasteiger charge is 2.18. The average molecular weight is 630 g/mol. The Hall–Kier alpha value is -2.40. The predicted octanol–water partition coefficient (Wildman–Crippen LogP) is 6.61. The van der Waals surface area contributed by atoms with E-state index in [-0.39, 0.29) is 12.6 Å². The first-order chi connectivity index (χ1) is 17.2. The number of fused-ring (bicyclic) bond motifs is 1. The fourth-order valence-electron chi connectivity index (χ4n) is 3.29. The van der Waals surface area contributed by atoms with Crippen molar-refractivity contribution < 1.29 is 37.7 Å². The zero-order chi connectivity index (χ0) is 26.8. The molecular formula is C26H30Br2O8. The first kappa shape index (κ1) is 29.8. The minimum atomic E-state index is -0.429. The summed E-state index contributed by atoms with van der Waals surface area (Å²) in [5, 5.41) is 0.780. The van der Waals surface area contributed by atoms with Gasteiger partial charge in [-0.1, -0.05) is 31.9 Å². The van der Waals surface area contributed by atoms with E-state index in [1.54, 1.807) is 24.5 Å². The minimum Gasteiger partial charge on any atom is -0.488 e. The number of carbonyl (C=O) groups is 2. The van der Waals surface area contributed by atoms with Crippen LogP contribution in [0.1, 0.15) is 45.7 Å². The van der Waals surface area contributed by atoms with Crippen molar-refractivity contribution in [3.63, 3.8) is 0 Å². The molecule has 3 rings (SSSR count). The highest BCUT2D eigenvalue weighted by Crippen LogP contribution is 2.30. The lowest BCUT2D eigenvalue weighted by Gasteiger charge is -2.18. The van der Waals surface area contributed by atoms with Crippen molar-refractivity contribution >= 4 is 54.8 Å². The van der Waals surface area contributed by atoms with Crippen LogP contribution in [-0.2, 0) is 18.9 Å². The summed E-state index contributed by atoms with van der Waals surface area (Å²) in [5.74, 6) is -0.192. The normalized spacial score (nSPS) is 10.7. The lowest BCUT2D eigenvalue weighted by atomic mass is 10.0. The van der Waals surface area contributed by atoms with E-state index in [0.29, 0.717) is 35.7 Å². The maximum atomic E-state index is 11.7. The van der Waals surface area contributed by atoms with E-state index in [2.05, 4.69) is 31.9 Å². The summed E-state index contributed by atoms with van der Waals surface area (Å²) in [6.07, 6.45) is 1.13. The van der Waals surface area contributed by atoms with Crippen LogP contribution in [0.15, 0.2) is 43.9 Å². The molecule has 8 nitrogen and oxygen atoms in total. The van der Waals surface area contributed by atoms with Gasteiger partial charge in [-0.05, 0) is 63.1 Å². The molecule has 0 radical (unpaired) electrons. The minimum absolute atomic E-state index is 0.248. The molecule has 36 heavy (non-hydrogen) atoms. The molecule has 0 amide bonds. The van der Waals surface area contributed by atoms with E-state index >= 15 is 0 Å². The molecule has 0 aliphatic rings. The third-order valence-electron chi connectivity index (χ3n) is 5.16. The van der Waals surface area contributed by atoms with Gasteiger partial charge < -0.3 is 28.1 Å². The topological polar surface area (TPSA) is 93.4 Å². The molecule has 1 heterocycles. The zero-order valence-corrected chi connectivity index (χ0v) is 24.3. The van der Waals surface area contributed by atoms with E-state index in [1.165, 1.54) is 14.2 Å². The molecule has 0 aliphatic carbocycles. The maximum Gasteiger partial charge on any atom is 0.338 e. The van der Waals surface area contributed by atoms with Gasteiger partial charge in [-0.2, -0.15) is 0 Å². The van der Waals surface area contributed by atoms with Crippen LogP contribution >= 0.6 is 31.9 Å². The molecule has 1 aromatic heterocycles. The van der Waals surface area contributed by atoms with E-state index < -0.39 is 12.3 Å². The molecule has 2 aromatic carbocycles. The van der Waals surface area contributed by atoms with Gasteiger partial charge in [-0.3, -0.25) is 0 Å². The van der Waals surface area contributed by atoms with Crippen LogP contribution in [0.5, 0.6) is 5.75 Å². The van der Waals surface area contributed by atoms with Gasteiger partial charge in [0.25, 0.3) is 0 Å². The number of hydrogen-bond acceptors (Lipinski definition) is 8. The van der Waals surface area contributed by atoms with Gasteiger partial charge in [0.05, 0.1) is 31.6 Å². The van der Waals surface area contributed by atoms with Gasteiger partial charge >= 0.3 is 11.9 Å². The molecule has 0 fully saturated rings. The maximum absolute atomic E-state index is 11.7. The van der Waals surface area contributed by atoms with Gasteiger partial charge in [-0.15, -0.1) is 0 Å². The third kappa shape index (κ3) is 7.55. The van der Waals surface area contributed by atoms with Crippen LogP contribution in [0.2, 0.25) is 0 Å². The molecule has 3 aromatic rings. The zero-order valence-electron chi connectivity index (χ0n) is 21.1. The first-order valence-corrected chi connectivity index (χ1v) is 12.8. The van der Waals surface area contributed by atoms with Crippen molar-refractivity contribution in [1.82, 2.24) is 0 Å². The Balaban J connectivity index is 0.000000267. The number of hydrogen-bond donors (Lipinski definition) is 0. The Kier molecular flexibility index (Phi) is 11.9. The smallest absolute Gasteiger partial charge is 0.338 e. The van der Waals surface area contributed by atoms with Crippen LogP contribution in [0, 0.1) is 13.8 Å². The molecule has 0 spiro atoms. The molecule has 0 saturated heterocycles. The van der Waals surface area contributed by atoms with Crippen molar-refractivity contribution in [2.75, 3.05) is 34.0 Å². The fraction of sp³-hybridized carbons (Fsp3) is 0.385. The average Bonchev–Trinajstić information content (AvgIpc) is 3.32. The third-order valence-corrected chi connectivity index (χ3v) is 6.81. The van der Waals surface area contributed by atoms with Crippen molar-refractivity contribution in [3.8, 4) is 5.75 Å². The molecule has 196 valence electrons. The number of furan rings is 1. The van der Waals surface area contributed by atoms with Crippen LogP contribution in [0.4, 0.5) is 0 Å². The van der Waals surface area contributed by atoms with Crippen LogP contribution in [-0.4, -0.2) is 52.3 Å². The number of ether oxygens (including phenoxy) is 5. The second-order valence-electron chi connectivity index (χ2n) is 7.40. The molecule has 0 saturated carbocycles. The molecule has 0 bridgehead atoms. The lowest BCUT2D eigenvalue weighted by Crippen LogP contribution is -2.25.